The summed E-state index contributed by atoms with van der Waals surface area (Å²) < 4.78 is 9.16. The number of rotatable bonds is 5. The molecule has 0 N–H and O–H groups in total. The number of aromatic nitrogens is 1. The maximum absolute atomic E-state index is 6.52. The van der Waals surface area contributed by atoms with Gasteiger partial charge < -0.3 is 9.32 Å². The van der Waals surface area contributed by atoms with Crippen molar-refractivity contribution in [1.82, 2.24) is 4.98 Å². The molecular weight excluding hydrogens is 617 g/mol. The molecule has 0 saturated heterocycles. The molecule has 0 fully saturated rings. The summed E-state index contributed by atoms with van der Waals surface area (Å²) in [6, 6.07) is 60.3. The molecule has 0 amide bonds. The van der Waals surface area contributed by atoms with Crippen molar-refractivity contribution in [1.29, 1.82) is 0 Å². The van der Waals surface area contributed by atoms with Gasteiger partial charge in [0.05, 0.1) is 5.69 Å². The monoisotopic (exact) mass is 644 g/mol. The third kappa shape index (κ3) is 4.61. The third-order valence-electron chi connectivity index (χ3n) is 9.49. The van der Waals surface area contributed by atoms with Crippen molar-refractivity contribution in [2.45, 2.75) is 0 Å². The van der Waals surface area contributed by atoms with E-state index in [-0.39, 0.29) is 0 Å². The maximum Gasteiger partial charge on any atom is 0.227 e. The molecule has 2 heterocycles. The van der Waals surface area contributed by atoms with Crippen molar-refractivity contribution >= 4 is 81.2 Å². The average Bonchev–Trinajstić information content (AvgIpc) is 3.78. The van der Waals surface area contributed by atoms with Crippen LogP contribution in [0.3, 0.4) is 0 Å². The van der Waals surface area contributed by atoms with Crippen molar-refractivity contribution in [3.63, 3.8) is 0 Å². The van der Waals surface area contributed by atoms with Crippen LogP contribution >= 0.6 is 11.3 Å². The van der Waals surface area contributed by atoms with Gasteiger partial charge in [-0.05, 0) is 82.6 Å². The third-order valence-corrected chi connectivity index (χ3v) is 10.6. The minimum absolute atomic E-state index is 0.633. The Balaban J connectivity index is 1.11. The standard InChI is InChI=1S/C45H28N2OS/c1-3-10-31(11-4-1)45-46-39-27-22-30-20-25-35-38(43(30)44(39)48-45)15-9-16-40(35)47(33-12-5-2-6-13-33)34-23-18-29(19-24-34)32-21-26-37-36-14-7-8-17-41(36)49-42(37)28-32/h1-28H. The lowest BCUT2D eigenvalue weighted by atomic mass is 9.98. The lowest BCUT2D eigenvalue weighted by Gasteiger charge is -2.27. The first kappa shape index (κ1) is 27.8. The SMILES string of the molecule is c1ccc(-c2nc3ccc4ccc5c(N(c6ccccc6)c6ccc(-c7ccc8c(c7)sc7ccccc78)cc6)cccc5c4c3o2)cc1. The molecule has 10 aromatic rings. The smallest absolute Gasteiger partial charge is 0.227 e. The minimum Gasteiger partial charge on any atom is -0.435 e. The Morgan fingerprint density at radius 3 is 2.00 bits per heavy atom. The van der Waals surface area contributed by atoms with E-state index in [1.807, 2.05) is 41.7 Å². The van der Waals surface area contributed by atoms with Gasteiger partial charge in [-0.1, -0.05) is 109 Å². The van der Waals surface area contributed by atoms with Crippen LogP contribution in [0.5, 0.6) is 0 Å². The van der Waals surface area contributed by atoms with Crippen LogP contribution in [0.2, 0.25) is 0 Å². The highest BCUT2D eigenvalue weighted by atomic mass is 32.1. The van der Waals surface area contributed by atoms with Gasteiger partial charge >= 0.3 is 0 Å². The molecule has 230 valence electrons. The summed E-state index contributed by atoms with van der Waals surface area (Å²) in [4.78, 5) is 7.23. The number of hydrogen-bond acceptors (Lipinski definition) is 4. The Hall–Kier alpha value is -6.23. The first-order chi connectivity index (χ1) is 24.3. The van der Waals surface area contributed by atoms with E-state index in [1.54, 1.807) is 0 Å². The highest BCUT2D eigenvalue weighted by Crippen LogP contribution is 2.43. The number of hydrogen-bond donors (Lipinski definition) is 0. The van der Waals surface area contributed by atoms with Crippen LogP contribution in [0.25, 0.3) is 75.4 Å². The van der Waals surface area contributed by atoms with Crippen LogP contribution in [0.1, 0.15) is 0 Å². The van der Waals surface area contributed by atoms with Gasteiger partial charge in [-0.2, -0.15) is 0 Å². The summed E-state index contributed by atoms with van der Waals surface area (Å²) in [6.07, 6.45) is 0. The van der Waals surface area contributed by atoms with Gasteiger partial charge in [-0.25, -0.2) is 4.98 Å². The second-order valence-corrected chi connectivity index (χ2v) is 13.4. The van der Waals surface area contributed by atoms with Gasteiger partial charge in [-0.15, -0.1) is 11.3 Å². The summed E-state index contributed by atoms with van der Waals surface area (Å²) in [5, 5.41) is 7.12. The van der Waals surface area contributed by atoms with E-state index in [0.717, 1.165) is 55.3 Å². The zero-order valence-corrected chi connectivity index (χ0v) is 27.2. The van der Waals surface area contributed by atoms with E-state index in [4.69, 9.17) is 9.40 Å². The van der Waals surface area contributed by atoms with E-state index >= 15 is 0 Å². The first-order valence-corrected chi connectivity index (χ1v) is 17.3. The summed E-state index contributed by atoms with van der Waals surface area (Å²) in [6.45, 7) is 0. The Morgan fingerprint density at radius 2 is 1.14 bits per heavy atom. The molecule has 0 aliphatic carbocycles. The van der Waals surface area contributed by atoms with Gasteiger partial charge in [0.1, 0.15) is 5.52 Å². The van der Waals surface area contributed by atoms with E-state index in [9.17, 15) is 0 Å². The number of nitrogens with zero attached hydrogens (tertiary/aromatic N) is 2. The highest BCUT2D eigenvalue weighted by Gasteiger charge is 2.19. The quantitative estimate of drug-likeness (QED) is 0.175. The van der Waals surface area contributed by atoms with Crippen molar-refractivity contribution < 1.29 is 4.42 Å². The average molecular weight is 645 g/mol. The number of benzene rings is 8. The summed E-state index contributed by atoms with van der Waals surface area (Å²) in [5.41, 5.74) is 8.34. The molecule has 0 unspecified atom stereocenters. The van der Waals surface area contributed by atoms with Crippen molar-refractivity contribution in [3.05, 3.63) is 170 Å². The fourth-order valence-corrected chi connectivity index (χ4v) is 8.30. The molecule has 10 rings (SSSR count). The van der Waals surface area contributed by atoms with Gasteiger partial charge in [0.2, 0.25) is 5.89 Å². The van der Waals surface area contributed by atoms with Crippen LogP contribution in [0.4, 0.5) is 17.1 Å². The largest absolute Gasteiger partial charge is 0.435 e. The Bertz CT molecular complexity index is 2820. The molecule has 3 nitrogen and oxygen atoms in total. The van der Waals surface area contributed by atoms with Gasteiger partial charge in [0.25, 0.3) is 0 Å². The number of oxazole rings is 1. The number of anilines is 3. The molecule has 0 aliphatic rings. The molecule has 0 radical (unpaired) electrons. The van der Waals surface area contributed by atoms with Crippen LogP contribution in [0.15, 0.2) is 174 Å². The topological polar surface area (TPSA) is 29.3 Å². The Morgan fingerprint density at radius 1 is 0.469 bits per heavy atom. The number of fused-ring (bicyclic) bond motifs is 8. The zero-order chi connectivity index (χ0) is 32.3. The predicted octanol–water partition coefficient (Wildman–Crippen LogP) is 13.3. The Kier molecular flexibility index (Phi) is 6.36. The molecule has 0 spiro atoms. The lowest BCUT2D eigenvalue weighted by molar-refractivity contribution is 0.623. The first-order valence-electron chi connectivity index (χ1n) is 16.5. The van der Waals surface area contributed by atoms with E-state index < -0.39 is 0 Å². The lowest BCUT2D eigenvalue weighted by Crippen LogP contribution is -2.10. The van der Waals surface area contributed by atoms with E-state index in [1.165, 1.54) is 31.3 Å². The highest BCUT2D eigenvalue weighted by molar-refractivity contribution is 7.25. The molecular formula is C45H28N2OS. The summed E-state index contributed by atoms with van der Waals surface area (Å²) >= 11 is 1.86. The predicted molar refractivity (Wildman–Crippen MR) is 207 cm³/mol. The molecule has 4 heteroatoms. The molecule has 0 atom stereocenters. The van der Waals surface area contributed by atoms with E-state index in [2.05, 4.69) is 144 Å². The molecule has 8 aromatic carbocycles. The van der Waals surface area contributed by atoms with Crippen molar-refractivity contribution in [2.24, 2.45) is 0 Å². The Labute approximate surface area is 286 Å². The zero-order valence-electron chi connectivity index (χ0n) is 26.4. The van der Waals surface area contributed by atoms with Gasteiger partial charge in [0.15, 0.2) is 5.58 Å². The van der Waals surface area contributed by atoms with Crippen molar-refractivity contribution in [2.75, 3.05) is 4.90 Å². The van der Waals surface area contributed by atoms with Crippen molar-refractivity contribution in [3.8, 4) is 22.6 Å². The van der Waals surface area contributed by atoms with Crippen LogP contribution in [-0.4, -0.2) is 4.98 Å². The van der Waals surface area contributed by atoms with E-state index in [0.29, 0.717) is 5.89 Å². The normalized spacial score (nSPS) is 11.7. The van der Waals surface area contributed by atoms with Crippen LogP contribution in [0, 0.1) is 0 Å². The number of para-hydroxylation sites is 1. The van der Waals surface area contributed by atoms with Crippen LogP contribution in [-0.2, 0) is 0 Å². The van der Waals surface area contributed by atoms with Gasteiger partial charge in [-0.3, -0.25) is 0 Å². The molecule has 49 heavy (non-hydrogen) atoms. The summed E-state index contributed by atoms with van der Waals surface area (Å²) in [7, 11) is 0. The fraction of sp³-hybridized carbons (Fsp3) is 0. The second kappa shape index (κ2) is 11.2. The number of thiophene rings is 1. The van der Waals surface area contributed by atoms with Crippen LogP contribution < -0.4 is 4.90 Å². The second-order valence-electron chi connectivity index (χ2n) is 12.4. The molecule has 0 aliphatic heterocycles. The van der Waals surface area contributed by atoms with Gasteiger partial charge in [0, 0.05) is 47.9 Å². The molecule has 0 saturated carbocycles. The maximum atomic E-state index is 6.52. The summed E-state index contributed by atoms with van der Waals surface area (Å²) in [5.74, 6) is 0.633. The molecule has 2 aromatic heterocycles. The minimum atomic E-state index is 0.633. The fourth-order valence-electron chi connectivity index (χ4n) is 7.16. The molecule has 0 bridgehead atoms.